The summed E-state index contributed by atoms with van der Waals surface area (Å²) in [6.45, 7) is 9.43. The summed E-state index contributed by atoms with van der Waals surface area (Å²) in [6, 6.07) is 0. The van der Waals surface area contributed by atoms with Gasteiger partial charge >= 0.3 is 0 Å². The van der Waals surface area contributed by atoms with Gasteiger partial charge < -0.3 is 10.2 Å². The predicted octanol–water partition coefficient (Wildman–Crippen LogP) is 2.73. The maximum absolute atomic E-state index is 11.5. The van der Waals surface area contributed by atoms with Crippen molar-refractivity contribution in [3.8, 4) is 0 Å². The Morgan fingerprint density at radius 2 is 2.00 bits per heavy atom. The molecule has 0 unspecified atom stereocenters. The lowest BCUT2D eigenvalue weighted by molar-refractivity contribution is 0.294. The maximum Gasteiger partial charge on any atom is 0.152 e. The van der Waals surface area contributed by atoms with Gasteiger partial charge in [0.05, 0.1) is 16.9 Å². The molecule has 3 rings (SSSR count). The predicted molar refractivity (Wildman–Crippen MR) is 109 cm³/mol. The van der Waals surface area contributed by atoms with E-state index in [9.17, 15) is 8.42 Å². The van der Waals surface area contributed by atoms with Crippen LogP contribution >= 0.6 is 11.3 Å². The summed E-state index contributed by atoms with van der Waals surface area (Å²) in [5.74, 6) is 2.90. The number of nitrogens with zero attached hydrogens (tertiary/aromatic N) is 3. The normalized spacial score (nSPS) is 17.8. The summed E-state index contributed by atoms with van der Waals surface area (Å²) < 4.78 is 23.0. The molecule has 1 fully saturated rings. The topological polar surface area (TPSA) is 75.2 Å². The first-order chi connectivity index (χ1) is 12.3. The highest BCUT2D eigenvalue weighted by Crippen LogP contribution is 2.31. The highest BCUT2D eigenvalue weighted by atomic mass is 32.2. The number of nitrogens with one attached hydrogen (secondary N) is 1. The van der Waals surface area contributed by atoms with Crippen LogP contribution in [0.2, 0.25) is 0 Å². The summed E-state index contributed by atoms with van der Waals surface area (Å²) >= 11 is 1.69. The van der Waals surface area contributed by atoms with Crippen LogP contribution in [0, 0.1) is 12.8 Å². The fourth-order valence-corrected chi connectivity index (χ4v) is 5.58. The molecule has 144 valence electrons. The second kappa shape index (κ2) is 8.19. The Morgan fingerprint density at radius 1 is 1.27 bits per heavy atom. The molecule has 0 radical (unpaired) electrons. The molecule has 1 N–H and O–H groups in total. The number of anilines is 1. The zero-order valence-corrected chi connectivity index (χ0v) is 17.4. The lowest BCUT2D eigenvalue weighted by Gasteiger charge is -2.26. The van der Waals surface area contributed by atoms with Gasteiger partial charge in [0.25, 0.3) is 0 Å². The van der Waals surface area contributed by atoms with Crippen molar-refractivity contribution >= 4 is 37.2 Å². The minimum Gasteiger partial charge on any atom is -0.369 e. The summed E-state index contributed by atoms with van der Waals surface area (Å²) in [5, 5.41) is 6.87. The zero-order valence-electron chi connectivity index (χ0n) is 15.8. The fraction of sp³-hybridized carbons (Fsp3) is 0.667. The Morgan fingerprint density at radius 3 is 2.69 bits per heavy atom. The first-order valence-corrected chi connectivity index (χ1v) is 12.0. The number of thiophene rings is 1. The van der Waals surface area contributed by atoms with Crippen molar-refractivity contribution in [3.63, 3.8) is 0 Å². The van der Waals surface area contributed by atoms with Crippen molar-refractivity contribution in [3.05, 3.63) is 16.8 Å². The highest BCUT2D eigenvalue weighted by Gasteiger charge is 2.21. The lowest BCUT2D eigenvalue weighted by atomic mass is 10.0. The number of aromatic nitrogens is 2. The van der Waals surface area contributed by atoms with Gasteiger partial charge in [-0.15, -0.1) is 11.3 Å². The smallest absolute Gasteiger partial charge is 0.152 e. The van der Waals surface area contributed by atoms with Crippen molar-refractivity contribution in [2.75, 3.05) is 43.0 Å². The molecule has 2 aromatic heterocycles. The van der Waals surface area contributed by atoms with Crippen LogP contribution in [0.4, 0.5) is 5.82 Å². The largest absolute Gasteiger partial charge is 0.369 e. The molecule has 0 aromatic carbocycles. The third-order valence-corrected chi connectivity index (χ3v) is 7.16. The van der Waals surface area contributed by atoms with Crippen molar-refractivity contribution in [1.82, 2.24) is 14.9 Å². The Kier molecular flexibility index (Phi) is 6.14. The van der Waals surface area contributed by atoms with E-state index in [1.54, 1.807) is 11.3 Å². The number of rotatable bonds is 7. The standard InChI is InChI=1S/C18H28N4O2S2/c1-13(2)11-15-12-25-18-16(15)17(20-14(3)21-18)19-5-4-6-22-7-9-26(23,24)10-8-22/h12-13H,4-11H2,1-3H3,(H,19,20,21). The van der Waals surface area contributed by atoms with Crippen molar-refractivity contribution < 1.29 is 8.42 Å². The number of hydrogen-bond donors (Lipinski definition) is 1. The Labute approximate surface area is 160 Å². The zero-order chi connectivity index (χ0) is 18.7. The van der Waals surface area contributed by atoms with Crippen LogP contribution in [-0.2, 0) is 16.3 Å². The van der Waals surface area contributed by atoms with E-state index in [4.69, 9.17) is 0 Å². The molecule has 2 aromatic rings. The molecule has 1 saturated heterocycles. The van der Waals surface area contributed by atoms with Gasteiger partial charge in [-0.05, 0) is 43.2 Å². The van der Waals surface area contributed by atoms with Crippen molar-refractivity contribution in [2.45, 2.75) is 33.6 Å². The molecule has 3 heterocycles. The van der Waals surface area contributed by atoms with Crippen LogP contribution in [0.5, 0.6) is 0 Å². The van der Waals surface area contributed by atoms with Crippen LogP contribution in [0.25, 0.3) is 10.2 Å². The molecular weight excluding hydrogens is 368 g/mol. The SMILES string of the molecule is Cc1nc(NCCCN2CCS(=O)(=O)CC2)c2c(CC(C)C)csc2n1. The minimum atomic E-state index is -2.80. The van der Waals surface area contributed by atoms with Crippen LogP contribution in [-0.4, -0.2) is 61.0 Å². The van der Waals surface area contributed by atoms with E-state index < -0.39 is 9.84 Å². The second-order valence-corrected chi connectivity index (χ2v) is 10.6. The molecule has 1 aliphatic heterocycles. The van der Waals surface area contributed by atoms with Gasteiger partial charge in [0, 0.05) is 19.6 Å². The first kappa shape index (κ1) is 19.5. The third kappa shape index (κ3) is 4.92. The van der Waals surface area contributed by atoms with Gasteiger partial charge in [-0.1, -0.05) is 13.8 Å². The number of fused-ring (bicyclic) bond motifs is 1. The van der Waals surface area contributed by atoms with Gasteiger partial charge in [-0.25, -0.2) is 18.4 Å². The molecule has 0 aliphatic carbocycles. The molecule has 26 heavy (non-hydrogen) atoms. The molecule has 0 spiro atoms. The highest BCUT2D eigenvalue weighted by molar-refractivity contribution is 7.91. The van der Waals surface area contributed by atoms with Gasteiger partial charge in [0.15, 0.2) is 9.84 Å². The van der Waals surface area contributed by atoms with Crippen LogP contribution in [0.3, 0.4) is 0 Å². The van der Waals surface area contributed by atoms with Gasteiger partial charge in [-0.3, -0.25) is 0 Å². The van der Waals surface area contributed by atoms with E-state index in [0.717, 1.165) is 42.4 Å². The van der Waals surface area contributed by atoms with E-state index in [2.05, 4.69) is 39.4 Å². The summed E-state index contributed by atoms with van der Waals surface area (Å²) in [4.78, 5) is 12.5. The van der Waals surface area contributed by atoms with Crippen LogP contribution in [0.1, 0.15) is 31.7 Å². The number of aryl methyl sites for hydroxylation is 1. The molecular formula is C18H28N4O2S2. The molecule has 0 amide bonds. The summed E-state index contributed by atoms with van der Waals surface area (Å²) in [7, 11) is -2.80. The van der Waals surface area contributed by atoms with E-state index in [1.807, 2.05) is 6.92 Å². The average molecular weight is 397 g/mol. The Hall–Kier alpha value is -1.25. The summed E-state index contributed by atoms with van der Waals surface area (Å²) in [6.07, 6.45) is 2.00. The molecule has 0 bridgehead atoms. The van der Waals surface area contributed by atoms with Gasteiger partial charge in [-0.2, -0.15) is 0 Å². The van der Waals surface area contributed by atoms with E-state index in [0.29, 0.717) is 30.5 Å². The molecule has 6 nitrogen and oxygen atoms in total. The number of sulfone groups is 1. The number of hydrogen-bond acceptors (Lipinski definition) is 7. The van der Waals surface area contributed by atoms with Crippen molar-refractivity contribution in [1.29, 1.82) is 0 Å². The van der Waals surface area contributed by atoms with Gasteiger partial charge in [0.1, 0.15) is 16.5 Å². The Balaban J connectivity index is 1.60. The molecule has 0 atom stereocenters. The van der Waals surface area contributed by atoms with Crippen LogP contribution < -0.4 is 5.32 Å². The lowest BCUT2D eigenvalue weighted by Crippen LogP contribution is -2.41. The van der Waals surface area contributed by atoms with E-state index in [1.165, 1.54) is 10.9 Å². The molecule has 8 heteroatoms. The van der Waals surface area contributed by atoms with Crippen molar-refractivity contribution in [2.24, 2.45) is 5.92 Å². The average Bonchev–Trinajstić information content (AvgIpc) is 2.94. The van der Waals surface area contributed by atoms with E-state index >= 15 is 0 Å². The maximum atomic E-state index is 11.5. The third-order valence-electron chi connectivity index (χ3n) is 4.63. The first-order valence-electron chi connectivity index (χ1n) is 9.25. The minimum absolute atomic E-state index is 0.291. The van der Waals surface area contributed by atoms with E-state index in [-0.39, 0.29) is 0 Å². The second-order valence-electron chi connectivity index (χ2n) is 7.43. The van der Waals surface area contributed by atoms with Crippen LogP contribution in [0.15, 0.2) is 5.38 Å². The monoisotopic (exact) mass is 396 g/mol. The summed E-state index contributed by atoms with van der Waals surface area (Å²) in [5.41, 5.74) is 1.32. The van der Waals surface area contributed by atoms with Gasteiger partial charge in [0.2, 0.25) is 0 Å². The quantitative estimate of drug-likeness (QED) is 0.726. The fourth-order valence-electron chi connectivity index (χ4n) is 3.31. The molecule has 1 aliphatic rings. The Bertz CT molecular complexity index is 847. The molecule has 0 saturated carbocycles.